The highest BCUT2D eigenvalue weighted by Gasteiger charge is 2.52. The molecular weight excluding hydrogens is 224 g/mol. The Morgan fingerprint density at radius 3 is 2.43 bits per heavy atom. The van der Waals surface area contributed by atoms with Gasteiger partial charge in [0, 0.05) is 6.54 Å². The summed E-state index contributed by atoms with van der Waals surface area (Å²) in [6, 6.07) is 0. The maximum atomic E-state index is 11.1. The average Bonchev–Trinajstić information content (AvgIpc) is 2.56. The summed E-state index contributed by atoms with van der Waals surface area (Å²) >= 11 is 0. The fourth-order valence-electron chi connectivity index (χ4n) is 2.17. The van der Waals surface area contributed by atoms with Crippen LogP contribution in [0.4, 0.5) is 0 Å². The number of fused-ring (bicyclic) bond motifs is 1. The predicted octanol–water partition coefficient (Wildman–Crippen LogP) is -0.187. The first kappa shape index (κ1) is 12.2. The van der Waals surface area contributed by atoms with Crippen molar-refractivity contribution in [2.75, 3.05) is 25.4 Å². The second-order valence-corrected chi connectivity index (χ2v) is 6.00. The van der Waals surface area contributed by atoms with Crippen molar-refractivity contribution >= 4 is 22.4 Å². The van der Waals surface area contributed by atoms with E-state index >= 15 is 0 Å². The van der Waals surface area contributed by atoms with Gasteiger partial charge in [-0.3, -0.25) is 0 Å². The minimum atomic E-state index is -2.98. The van der Waals surface area contributed by atoms with Gasteiger partial charge in [-0.2, -0.15) is 0 Å². The normalized spacial score (nSPS) is 34.8. The van der Waals surface area contributed by atoms with Gasteiger partial charge in [-0.1, -0.05) is 0 Å². The van der Waals surface area contributed by atoms with Gasteiger partial charge >= 0.3 is 0 Å². The Morgan fingerprint density at radius 1 is 1.36 bits per heavy atom. The summed E-state index contributed by atoms with van der Waals surface area (Å²) in [6.07, 6.45) is 0. The molecule has 4 nitrogen and oxygen atoms in total. The van der Waals surface area contributed by atoms with Crippen LogP contribution in [0, 0.1) is 17.8 Å². The van der Waals surface area contributed by atoms with Gasteiger partial charge in [0.1, 0.15) is 0 Å². The first-order valence-electron chi connectivity index (χ1n) is 4.82. The zero-order valence-electron chi connectivity index (χ0n) is 8.19. The van der Waals surface area contributed by atoms with Gasteiger partial charge in [0.2, 0.25) is 10.0 Å². The number of piperidine rings is 1. The van der Waals surface area contributed by atoms with E-state index in [1.54, 1.807) is 6.92 Å². The second-order valence-electron chi connectivity index (χ2n) is 3.90. The summed E-state index contributed by atoms with van der Waals surface area (Å²) in [5.74, 6) is 2.26. The molecule has 2 atom stereocenters. The molecule has 1 heterocycles. The van der Waals surface area contributed by atoms with Gasteiger partial charge in [-0.05, 0) is 37.8 Å². The van der Waals surface area contributed by atoms with Crippen molar-refractivity contribution in [1.29, 1.82) is 0 Å². The molecule has 0 aromatic carbocycles. The average molecular weight is 241 g/mol. The smallest absolute Gasteiger partial charge is 0.211 e. The van der Waals surface area contributed by atoms with Gasteiger partial charge in [-0.25, -0.2) is 13.1 Å². The minimum Gasteiger partial charge on any atom is -0.316 e. The zero-order valence-corrected chi connectivity index (χ0v) is 9.83. The highest BCUT2D eigenvalue weighted by Crippen LogP contribution is 2.48. The number of rotatable bonds is 4. The van der Waals surface area contributed by atoms with Crippen molar-refractivity contribution < 1.29 is 8.42 Å². The van der Waals surface area contributed by atoms with Crippen LogP contribution in [-0.2, 0) is 10.0 Å². The van der Waals surface area contributed by atoms with Crippen LogP contribution in [-0.4, -0.2) is 33.8 Å². The van der Waals surface area contributed by atoms with Crippen molar-refractivity contribution in [1.82, 2.24) is 10.0 Å². The van der Waals surface area contributed by atoms with E-state index in [4.69, 9.17) is 0 Å². The summed E-state index contributed by atoms with van der Waals surface area (Å²) < 4.78 is 24.9. The summed E-state index contributed by atoms with van der Waals surface area (Å²) in [6.45, 7) is 4.46. The van der Waals surface area contributed by atoms with Crippen LogP contribution >= 0.6 is 12.4 Å². The van der Waals surface area contributed by atoms with Crippen LogP contribution in [0.25, 0.3) is 0 Å². The Labute approximate surface area is 91.3 Å². The first-order valence-corrected chi connectivity index (χ1v) is 6.47. The quantitative estimate of drug-likeness (QED) is 0.717. The molecule has 0 aromatic rings. The molecule has 1 aliphatic heterocycles. The van der Waals surface area contributed by atoms with Gasteiger partial charge in [0.15, 0.2) is 0 Å². The summed E-state index contributed by atoms with van der Waals surface area (Å²) in [7, 11) is -2.98. The van der Waals surface area contributed by atoms with Gasteiger partial charge in [0.05, 0.1) is 5.75 Å². The highest BCUT2D eigenvalue weighted by atomic mass is 35.5. The molecule has 6 heteroatoms. The largest absolute Gasteiger partial charge is 0.316 e. The lowest BCUT2D eigenvalue weighted by atomic mass is 10.3. The molecule has 2 rings (SSSR count). The van der Waals surface area contributed by atoms with Gasteiger partial charge in [-0.15, -0.1) is 12.4 Å². The number of nitrogens with one attached hydrogen (secondary N) is 2. The summed E-state index contributed by atoms with van der Waals surface area (Å²) in [5.41, 5.74) is 0. The molecule has 1 saturated heterocycles. The molecule has 2 aliphatic rings. The van der Waals surface area contributed by atoms with Crippen LogP contribution < -0.4 is 10.0 Å². The van der Waals surface area contributed by atoms with Crippen LogP contribution in [0.1, 0.15) is 6.92 Å². The SMILES string of the molecule is CCS(=O)(=O)NCC1C2CNCC21.Cl. The van der Waals surface area contributed by atoms with Gasteiger partial charge < -0.3 is 5.32 Å². The van der Waals surface area contributed by atoms with E-state index in [1.165, 1.54) is 0 Å². The van der Waals surface area contributed by atoms with E-state index in [2.05, 4.69) is 10.0 Å². The number of hydrogen-bond donors (Lipinski definition) is 2. The Kier molecular flexibility index (Phi) is 3.80. The predicted molar refractivity (Wildman–Crippen MR) is 58.1 cm³/mol. The molecule has 0 spiro atoms. The molecule has 1 aliphatic carbocycles. The fourth-order valence-corrected chi connectivity index (χ4v) is 2.83. The molecule has 14 heavy (non-hydrogen) atoms. The standard InChI is InChI=1S/C8H16N2O2S.ClH/c1-2-13(11,12)10-5-8-6-3-9-4-7(6)8;/h6-10H,2-5H2,1H3;1H. The Balaban J connectivity index is 0.000000980. The molecule has 2 fully saturated rings. The fraction of sp³-hybridized carbons (Fsp3) is 1.00. The van der Waals surface area contributed by atoms with E-state index in [0.29, 0.717) is 12.5 Å². The Hall–Kier alpha value is 0.160. The van der Waals surface area contributed by atoms with E-state index in [0.717, 1.165) is 24.9 Å². The second kappa shape index (κ2) is 4.35. The van der Waals surface area contributed by atoms with Crippen molar-refractivity contribution in [3.8, 4) is 0 Å². The van der Waals surface area contributed by atoms with Crippen LogP contribution in [0.2, 0.25) is 0 Å². The molecule has 2 unspecified atom stereocenters. The minimum absolute atomic E-state index is 0. The Bertz CT molecular complexity index is 284. The van der Waals surface area contributed by atoms with Crippen LogP contribution in [0.5, 0.6) is 0 Å². The monoisotopic (exact) mass is 240 g/mol. The molecule has 0 amide bonds. The third-order valence-corrected chi connectivity index (χ3v) is 4.55. The molecule has 2 N–H and O–H groups in total. The molecule has 1 saturated carbocycles. The van der Waals surface area contributed by atoms with E-state index in [-0.39, 0.29) is 18.2 Å². The molecule has 84 valence electrons. The molecular formula is C8H17ClN2O2S. The topological polar surface area (TPSA) is 58.2 Å². The van der Waals surface area contributed by atoms with E-state index in [1.807, 2.05) is 0 Å². The number of halogens is 1. The number of sulfonamides is 1. The lowest BCUT2D eigenvalue weighted by Crippen LogP contribution is -2.29. The van der Waals surface area contributed by atoms with Crippen molar-refractivity contribution in [3.05, 3.63) is 0 Å². The Morgan fingerprint density at radius 2 is 1.93 bits per heavy atom. The van der Waals surface area contributed by atoms with Crippen molar-refractivity contribution in [3.63, 3.8) is 0 Å². The molecule has 0 bridgehead atoms. The van der Waals surface area contributed by atoms with Crippen molar-refractivity contribution in [2.24, 2.45) is 17.8 Å². The molecule has 0 radical (unpaired) electrons. The van der Waals surface area contributed by atoms with Crippen LogP contribution in [0.3, 0.4) is 0 Å². The highest BCUT2D eigenvalue weighted by molar-refractivity contribution is 7.89. The first-order chi connectivity index (χ1) is 6.14. The van der Waals surface area contributed by atoms with E-state index < -0.39 is 10.0 Å². The third kappa shape index (κ3) is 2.39. The summed E-state index contributed by atoms with van der Waals surface area (Å²) in [5, 5.41) is 3.29. The zero-order chi connectivity index (χ0) is 9.47. The molecule has 0 aromatic heterocycles. The lowest BCUT2D eigenvalue weighted by Gasteiger charge is -2.05. The lowest BCUT2D eigenvalue weighted by molar-refractivity contribution is 0.554. The maximum absolute atomic E-state index is 11.1. The van der Waals surface area contributed by atoms with Crippen molar-refractivity contribution in [2.45, 2.75) is 6.92 Å². The van der Waals surface area contributed by atoms with Crippen LogP contribution in [0.15, 0.2) is 0 Å². The third-order valence-electron chi connectivity index (χ3n) is 3.19. The maximum Gasteiger partial charge on any atom is 0.211 e. The van der Waals surface area contributed by atoms with E-state index in [9.17, 15) is 8.42 Å². The van der Waals surface area contributed by atoms with Gasteiger partial charge in [0.25, 0.3) is 0 Å². The number of hydrogen-bond acceptors (Lipinski definition) is 3. The summed E-state index contributed by atoms with van der Waals surface area (Å²) in [4.78, 5) is 0.